The molecule has 4 rings (SSSR count). The number of carbonyl (C=O) groups excluding carboxylic acids is 1. The van der Waals surface area contributed by atoms with Crippen molar-refractivity contribution in [2.45, 2.75) is 27.3 Å². The third-order valence-electron chi connectivity index (χ3n) is 5.50. The van der Waals surface area contributed by atoms with Crippen LogP contribution >= 0.6 is 11.3 Å². The first kappa shape index (κ1) is 21.6. The van der Waals surface area contributed by atoms with Gasteiger partial charge in [-0.15, -0.1) is 11.3 Å². The van der Waals surface area contributed by atoms with Crippen molar-refractivity contribution in [2.75, 3.05) is 12.4 Å². The summed E-state index contributed by atoms with van der Waals surface area (Å²) < 4.78 is 8.24. The summed E-state index contributed by atoms with van der Waals surface area (Å²) >= 11 is 1.25. The highest BCUT2D eigenvalue weighted by Crippen LogP contribution is 2.25. The predicted octanol–water partition coefficient (Wildman–Crippen LogP) is 3.79. The van der Waals surface area contributed by atoms with Crippen LogP contribution in [0.2, 0.25) is 0 Å². The van der Waals surface area contributed by atoms with Crippen molar-refractivity contribution in [3.63, 3.8) is 0 Å². The Morgan fingerprint density at radius 1 is 1.09 bits per heavy atom. The molecule has 0 saturated carbocycles. The van der Waals surface area contributed by atoms with Crippen LogP contribution in [0.1, 0.15) is 16.7 Å². The van der Waals surface area contributed by atoms with Crippen LogP contribution in [-0.4, -0.2) is 22.2 Å². The molecule has 164 valence electrons. The lowest BCUT2D eigenvalue weighted by Crippen LogP contribution is -2.40. The van der Waals surface area contributed by atoms with Gasteiger partial charge in [-0.1, -0.05) is 18.2 Å². The number of aryl methyl sites for hydroxylation is 2. The van der Waals surface area contributed by atoms with E-state index >= 15 is 0 Å². The number of carbonyl (C=O) groups is 1. The van der Waals surface area contributed by atoms with Crippen molar-refractivity contribution in [2.24, 2.45) is 0 Å². The van der Waals surface area contributed by atoms with Crippen molar-refractivity contribution in [1.29, 1.82) is 0 Å². The molecule has 8 heteroatoms. The van der Waals surface area contributed by atoms with Crippen molar-refractivity contribution in [1.82, 2.24) is 9.13 Å². The van der Waals surface area contributed by atoms with Crippen LogP contribution in [0.15, 0.2) is 57.4 Å². The van der Waals surface area contributed by atoms with Crippen molar-refractivity contribution >= 4 is 33.1 Å². The summed E-state index contributed by atoms with van der Waals surface area (Å²) in [6.07, 6.45) is 0. The number of ether oxygens (including phenoxy) is 1. The van der Waals surface area contributed by atoms with Gasteiger partial charge in [0.1, 0.15) is 17.0 Å². The Balaban J connectivity index is 1.82. The highest BCUT2D eigenvalue weighted by Gasteiger charge is 2.19. The molecule has 0 fully saturated rings. The van der Waals surface area contributed by atoms with Crippen LogP contribution in [0.25, 0.3) is 15.9 Å². The molecule has 0 bridgehead atoms. The molecule has 0 aliphatic heterocycles. The second kappa shape index (κ2) is 8.47. The van der Waals surface area contributed by atoms with Gasteiger partial charge in [-0.05, 0) is 67.1 Å². The molecular formula is C24H23N3O4S. The van der Waals surface area contributed by atoms with Crippen LogP contribution in [-0.2, 0) is 11.3 Å². The fourth-order valence-corrected chi connectivity index (χ4v) is 4.51. The molecule has 0 atom stereocenters. The number of thiophene rings is 1. The van der Waals surface area contributed by atoms with E-state index in [4.69, 9.17) is 4.74 Å². The maximum absolute atomic E-state index is 13.5. The second-order valence-electron chi connectivity index (χ2n) is 7.62. The number of rotatable bonds is 5. The molecule has 2 aromatic heterocycles. The van der Waals surface area contributed by atoms with Crippen LogP contribution in [0, 0.1) is 20.8 Å². The average molecular weight is 450 g/mol. The third kappa shape index (κ3) is 3.73. The average Bonchev–Trinajstić information content (AvgIpc) is 3.24. The minimum atomic E-state index is -0.555. The molecule has 7 nitrogen and oxygen atoms in total. The quantitative estimate of drug-likeness (QED) is 0.503. The van der Waals surface area contributed by atoms with E-state index in [2.05, 4.69) is 5.32 Å². The van der Waals surface area contributed by atoms with Crippen LogP contribution in [0.5, 0.6) is 5.75 Å². The normalized spacial score (nSPS) is 11.0. The molecule has 0 aliphatic carbocycles. The van der Waals surface area contributed by atoms with E-state index in [0.29, 0.717) is 27.3 Å². The smallest absolute Gasteiger partial charge is 0.336 e. The summed E-state index contributed by atoms with van der Waals surface area (Å²) in [6.45, 7) is 5.47. The maximum atomic E-state index is 13.5. The summed E-state index contributed by atoms with van der Waals surface area (Å²) in [5.74, 6) is 0.131. The van der Waals surface area contributed by atoms with Gasteiger partial charge in [0, 0.05) is 0 Å². The number of amides is 1. The third-order valence-corrected chi connectivity index (χ3v) is 6.39. The van der Waals surface area contributed by atoms with Gasteiger partial charge in [-0.2, -0.15) is 0 Å². The fourth-order valence-electron chi connectivity index (χ4n) is 3.68. The van der Waals surface area contributed by atoms with Crippen molar-refractivity contribution < 1.29 is 9.53 Å². The summed E-state index contributed by atoms with van der Waals surface area (Å²) in [5, 5.41) is 4.57. The molecular weight excluding hydrogens is 426 g/mol. The van der Waals surface area contributed by atoms with E-state index in [9.17, 15) is 14.4 Å². The van der Waals surface area contributed by atoms with Crippen LogP contribution in [0.3, 0.4) is 0 Å². The Bertz CT molecular complexity index is 1460. The number of nitrogens with zero attached hydrogens (tertiary/aromatic N) is 2. The van der Waals surface area contributed by atoms with E-state index in [1.807, 2.05) is 39.0 Å². The fraction of sp³-hybridized carbons (Fsp3) is 0.208. The Hall–Kier alpha value is -3.65. The number of methoxy groups -OCH3 is 1. The topological polar surface area (TPSA) is 82.3 Å². The predicted molar refractivity (Wildman–Crippen MR) is 128 cm³/mol. The first-order valence-electron chi connectivity index (χ1n) is 10.1. The number of fused-ring (bicyclic) bond motifs is 1. The Morgan fingerprint density at radius 3 is 2.62 bits per heavy atom. The lowest BCUT2D eigenvalue weighted by Gasteiger charge is -2.15. The van der Waals surface area contributed by atoms with Crippen molar-refractivity contribution in [3.8, 4) is 11.4 Å². The molecule has 32 heavy (non-hydrogen) atoms. The second-order valence-corrected chi connectivity index (χ2v) is 8.53. The molecule has 4 aromatic rings. The summed E-state index contributed by atoms with van der Waals surface area (Å²) in [7, 11) is 1.53. The first-order chi connectivity index (χ1) is 15.3. The Labute approximate surface area is 188 Å². The standard InChI is InChI=1S/C24H23N3O4S/c1-14-8-9-20(31-4)17(12-14)25-21(28)13-26-19-10-11-32-22(19)23(29)27(24(26)30)18-7-5-6-15(2)16(18)3/h5-12H,13H2,1-4H3,(H,25,28). The molecule has 1 amide bonds. The summed E-state index contributed by atoms with van der Waals surface area (Å²) in [6, 6.07) is 12.6. The lowest BCUT2D eigenvalue weighted by molar-refractivity contribution is -0.116. The number of aromatic nitrogens is 2. The molecule has 0 radical (unpaired) electrons. The molecule has 0 spiro atoms. The van der Waals surface area contributed by atoms with E-state index in [1.54, 1.807) is 29.6 Å². The van der Waals surface area contributed by atoms with E-state index < -0.39 is 11.6 Å². The maximum Gasteiger partial charge on any atom is 0.336 e. The van der Waals surface area contributed by atoms with Gasteiger partial charge in [0.05, 0.1) is 24.0 Å². The van der Waals surface area contributed by atoms with Crippen molar-refractivity contribution in [3.05, 3.63) is 85.4 Å². The van der Waals surface area contributed by atoms with Gasteiger partial charge in [-0.25, -0.2) is 9.36 Å². The van der Waals surface area contributed by atoms with Crippen LogP contribution < -0.4 is 21.3 Å². The number of benzene rings is 2. The van der Waals surface area contributed by atoms with Gasteiger partial charge in [0.25, 0.3) is 5.56 Å². The first-order valence-corrected chi connectivity index (χ1v) is 10.9. The Kier molecular flexibility index (Phi) is 5.71. The minimum Gasteiger partial charge on any atom is -0.495 e. The monoisotopic (exact) mass is 449 g/mol. The molecule has 0 aliphatic rings. The molecule has 0 saturated heterocycles. The number of hydrogen-bond donors (Lipinski definition) is 1. The van der Waals surface area contributed by atoms with Crippen LogP contribution in [0.4, 0.5) is 5.69 Å². The number of nitrogens with one attached hydrogen (secondary N) is 1. The highest BCUT2D eigenvalue weighted by atomic mass is 32.1. The molecule has 2 aromatic carbocycles. The van der Waals surface area contributed by atoms with E-state index in [0.717, 1.165) is 21.3 Å². The van der Waals surface area contributed by atoms with Gasteiger partial charge in [0.15, 0.2) is 0 Å². The van der Waals surface area contributed by atoms with Gasteiger partial charge >= 0.3 is 5.69 Å². The summed E-state index contributed by atoms with van der Waals surface area (Å²) in [5.41, 5.74) is 3.31. The number of anilines is 1. The van der Waals surface area contributed by atoms with E-state index in [-0.39, 0.29) is 12.1 Å². The zero-order chi connectivity index (χ0) is 23.0. The SMILES string of the molecule is COc1ccc(C)cc1NC(=O)Cn1c(=O)n(-c2cccc(C)c2C)c(=O)c2sccc21. The molecule has 2 heterocycles. The molecule has 0 unspecified atom stereocenters. The zero-order valence-corrected chi connectivity index (χ0v) is 19.1. The largest absolute Gasteiger partial charge is 0.495 e. The van der Waals surface area contributed by atoms with E-state index in [1.165, 1.54) is 23.0 Å². The van der Waals surface area contributed by atoms with Gasteiger partial charge in [-0.3, -0.25) is 14.2 Å². The Morgan fingerprint density at radius 2 is 1.88 bits per heavy atom. The lowest BCUT2D eigenvalue weighted by atomic mass is 10.1. The number of hydrogen-bond acceptors (Lipinski definition) is 5. The molecule has 1 N–H and O–H groups in total. The zero-order valence-electron chi connectivity index (χ0n) is 18.3. The minimum absolute atomic E-state index is 0.242. The van der Waals surface area contributed by atoms with Gasteiger partial charge in [0.2, 0.25) is 5.91 Å². The van der Waals surface area contributed by atoms with Gasteiger partial charge < -0.3 is 10.1 Å². The highest BCUT2D eigenvalue weighted by molar-refractivity contribution is 7.17. The summed E-state index contributed by atoms with van der Waals surface area (Å²) in [4.78, 5) is 39.5.